The van der Waals surface area contributed by atoms with Crippen LogP contribution in [0.4, 0.5) is 0 Å². The maximum atomic E-state index is 2.64. The molecule has 0 aromatic rings. The van der Waals surface area contributed by atoms with Crippen molar-refractivity contribution in [2.45, 2.75) is 13.3 Å². The average Bonchev–Trinajstić information content (AvgIpc) is 2.33. The molecule has 0 saturated carbocycles. The molecule has 2 aliphatic rings. The summed E-state index contributed by atoms with van der Waals surface area (Å²) in [6.45, 7) is 9.07. The Morgan fingerprint density at radius 1 is 1.25 bits per heavy atom. The van der Waals surface area contributed by atoms with Crippen molar-refractivity contribution in [3.63, 3.8) is 0 Å². The van der Waals surface area contributed by atoms with Gasteiger partial charge in [-0.15, -0.1) is 0 Å². The predicted molar refractivity (Wildman–Crippen MR) is 51.2 cm³/mol. The lowest BCUT2D eigenvalue weighted by molar-refractivity contribution is 0.0986. The molecule has 1 atom stereocenters. The summed E-state index contributed by atoms with van der Waals surface area (Å²) >= 11 is 0. The molecule has 2 rings (SSSR count). The van der Waals surface area contributed by atoms with Crippen molar-refractivity contribution < 1.29 is 0 Å². The molecule has 2 heteroatoms. The third kappa shape index (κ3) is 1.80. The first-order chi connectivity index (χ1) is 5.74. The summed E-state index contributed by atoms with van der Waals surface area (Å²) < 4.78 is 0. The summed E-state index contributed by atoms with van der Waals surface area (Å²) in [5.74, 6) is 1.92. The van der Waals surface area contributed by atoms with E-state index in [1.54, 1.807) is 0 Å². The number of likely N-dealkylation sites (tertiary alicyclic amines) is 2. The maximum absolute atomic E-state index is 2.64. The summed E-state index contributed by atoms with van der Waals surface area (Å²) in [5.41, 5.74) is 0. The second kappa shape index (κ2) is 3.35. The lowest BCUT2D eigenvalue weighted by atomic mass is 10.0. The molecular formula is C10H20N2. The number of hydrogen-bond acceptors (Lipinski definition) is 2. The normalized spacial score (nSPS) is 34.0. The van der Waals surface area contributed by atoms with Crippen LogP contribution in [-0.2, 0) is 0 Å². The van der Waals surface area contributed by atoms with Crippen molar-refractivity contribution in [2.24, 2.45) is 11.8 Å². The van der Waals surface area contributed by atoms with Gasteiger partial charge in [0.2, 0.25) is 0 Å². The van der Waals surface area contributed by atoms with E-state index in [0.29, 0.717) is 0 Å². The average molecular weight is 168 g/mol. The molecule has 1 unspecified atom stereocenters. The van der Waals surface area contributed by atoms with Gasteiger partial charge in [0.05, 0.1) is 0 Å². The van der Waals surface area contributed by atoms with Crippen LogP contribution < -0.4 is 0 Å². The van der Waals surface area contributed by atoms with Gasteiger partial charge >= 0.3 is 0 Å². The van der Waals surface area contributed by atoms with E-state index in [-0.39, 0.29) is 0 Å². The molecule has 0 amide bonds. The van der Waals surface area contributed by atoms with Gasteiger partial charge in [-0.3, -0.25) is 0 Å². The highest BCUT2D eigenvalue weighted by Crippen LogP contribution is 2.20. The highest BCUT2D eigenvalue weighted by Gasteiger charge is 2.27. The van der Waals surface area contributed by atoms with Gasteiger partial charge in [0.1, 0.15) is 0 Å². The van der Waals surface area contributed by atoms with Gasteiger partial charge in [0, 0.05) is 26.2 Å². The zero-order valence-electron chi connectivity index (χ0n) is 8.29. The van der Waals surface area contributed by atoms with Gasteiger partial charge in [-0.05, 0) is 31.8 Å². The first-order valence-electron chi connectivity index (χ1n) is 5.15. The van der Waals surface area contributed by atoms with E-state index in [9.17, 15) is 0 Å². The Labute approximate surface area is 75.5 Å². The quantitative estimate of drug-likeness (QED) is 0.604. The van der Waals surface area contributed by atoms with Crippen LogP contribution in [0.25, 0.3) is 0 Å². The minimum Gasteiger partial charge on any atom is -0.306 e. The van der Waals surface area contributed by atoms with E-state index >= 15 is 0 Å². The molecule has 12 heavy (non-hydrogen) atoms. The minimum atomic E-state index is 0.947. The van der Waals surface area contributed by atoms with Crippen molar-refractivity contribution in [2.75, 3.05) is 39.8 Å². The molecule has 0 radical (unpaired) electrons. The molecule has 2 aliphatic heterocycles. The van der Waals surface area contributed by atoms with Gasteiger partial charge in [-0.2, -0.15) is 0 Å². The van der Waals surface area contributed by atoms with Crippen LogP contribution in [0.3, 0.4) is 0 Å². The fraction of sp³-hybridized carbons (Fsp3) is 1.00. The summed E-state index contributed by atoms with van der Waals surface area (Å²) in [7, 11) is 2.21. The summed E-state index contributed by atoms with van der Waals surface area (Å²) in [5, 5.41) is 0. The standard InChI is InChI=1S/C10H20N2/c1-9-3-4-12(5-9)8-10-6-11(2)7-10/h9-10H,3-8H2,1-2H3. The molecule has 0 N–H and O–H groups in total. The fourth-order valence-corrected chi connectivity index (χ4v) is 2.50. The van der Waals surface area contributed by atoms with Crippen molar-refractivity contribution in [3.8, 4) is 0 Å². The van der Waals surface area contributed by atoms with Crippen LogP contribution in [0, 0.1) is 11.8 Å². The zero-order chi connectivity index (χ0) is 8.55. The van der Waals surface area contributed by atoms with Crippen LogP contribution in [0.5, 0.6) is 0 Å². The van der Waals surface area contributed by atoms with E-state index in [4.69, 9.17) is 0 Å². The Morgan fingerprint density at radius 3 is 2.50 bits per heavy atom. The van der Waals surface area contributed by atoms with Gasteiger partial charge in [-0.1, -0.05) is 6.92 Å². The number of hydrogen-bond donors (Lipinski definition) is 0. The topological polar surface area (TPSA) is 6.48 Å². The van der Waals surface area contributed by atoms with Crippen LogP contribution >= 0.6 is 0 Å². The van der Waals surface area contributed by atoms with E-state index in [1.807, 2.05) is 0 Å². The van der Waals surface area contributed by atoms with E-state index in [2.05, 4.69) is 23.8 Å². The Bertz CT molecular complexity index is 152. The molecule has 2 nitrogen and oxygen atoms in total. The molecular weight excluding hydrogens is 148 g/mol. The lowest BCUT2D eigenvalue weighted by Crippen LogP contribution is -2.48. The van der Waals surface area contributed by atoms with Gasteiger partial charge in [0.25, 0.3) is 0 Å². The molecule has 2 saturated heterocycles. The van der Waals surface area contributed by atoms with Crippen molar-refractivity contribution in [1.82, 2.24) is 9.80 Å². The monoisotopic (exact) mass is 168 g/mol. The second-order valence-corrected chi connectivity index (χ2v) is 4.74. The second-order valence-electron chi connectivity index (χ2n) is 4.74. The largest absolute Gasteiger partial charge is 0.306 e. The Morgan fingerprint density at radius 2 is 2.00 bits per heavy atom. The van der Waals surface area contributed by atoms with Gasteiger partial charge in [-0.25, -0.2) is 0 Å². The van der Waals surface area contributed by atoms with Crippen molar-refractivity contribution in [3.05, 3.63) is 0 Å². The van der Waals surface area contributed by atoms with E-state index in [1.165, 1.54) is 39.1 Å². The molecule has 2 heterocycles. The molecule has 2 fully saturated rings. The van der Waals surface area contributed by atoms with Gasteiger partial charge in [0.15, 0.2) is 0 Å². The third-order valence-electron chi connectivity index (χ3n) is 3.16. The molecule has 0 aromatic carbocycles. The SMILES string of the molecule is CC1CCN(CC2CN(C)C2)C1. The summed E-state index contributed by atoms with van der Waals surface area (Å²) in [6.07, 6.45) is 1.42. The van der Waals surface area contributed by atoms with Crippen LogP contribution in [0.15, 0.2) is 0 Å². The Kier molecular flexibility index (Phi) is 2.37. The summed E-state index contributed by atoms with van der Waals surface area (Å²) in [4.78, 5) is 5.05. The first-order valence-corrected chi connectivity index (χ1v) is 5.15. The van der Waals surface area contributed by atoms with Crippen molar-refractivity contribution >= 4 is 0 Å². The predicted octanol–water partition coefficient (Wildman–Crippen LogP) is 0.890. The highest BCUT2D eigenvalue weighted by atomic mass is 15.2. The number of nitrogens with zero attached hydrogens (tertiary/aromatic N) is 2. The Balaban J connectivity index is 1.67. The van der Waals surface area contributed by atoms with Crippen LogP contribution in [-0.4, -0.2) is 49.6 Å². The first kappa shape index (κ1) is 8.52. The zero-order valence-corrected chi connectivity index (χ0v) is 8.29. The minimum absolute atomic E-state index is 0.947. The summed E-state index contributed by atoms with van der Waals surface area (Å²) in [6, 6.07) is 0. The van der Waals surface area contributed by atoms with Crippen LogP contribution in [0.1, 0.15) is 13.3 Å². The maximum Gasteiger partial charge on any atom is 0.00343 e. The van der Waals surface area contributed by atoms with Gasteiger partial charge < -0.3 is 9.80 Å². The fourth-order valence-electron chi connectivity index (χ4n) is 2.50. The van der Waals surface area contributed by atoms with E-state index in [0.717, 1.165) is 11.8 Å². The number of rotatable bonds is 2. The smallest absolute Gasteiger partial charge is 0.00343 e. The molecule has 70 valence electrons. The highest BCUT2D eigenvalue weighted by molar-refractivity contribution is 4.82. The lowest BCUT2D eigenvalue weighted by Gasteiger charge is -2.38. The molecule has 0 aromatic heterocycles. The van der Waals surface area contributed by atoms with E-state index < -0.39 is 0 Å². The molecule has 0 spiro atoms. The molecule has 0 bridgehead atoms. The molecule has 0 aliphatic carbocycles. The Hall–Kier alpha value is -0.0800. The van der Waals surface area contributed by atoms with Crippen LogP contribution in [0.2, 0.25) is 0 Å². The third-order valence-corrected chi connectivity index (χ3v) is 3.16. The van der Waals surface area contributed by atoms with Crippen molar-refractivity contribution in [1.29, 1.82) is 0 Å².